The zero-order valence-corrected chi connectivity index (χ0v) is 14.2. The van der Waals surface area contributed by atoms with E-state index >= 15 is 0 Å². The van der Waals surface area contributed by atoms with E-state index in [9.17, 15) is 23.5 Å². The molecule has 0 unspecified atom stereocenters. The third-order valence-electron chi connectivity index (χ3n) is 5.38. The summed E-state index contributed by atoms with van der Waals surface area (Å²) in [5.41, 5.74) is -1.55. The van der Waals surface area contributed by atoms with Crippen LogP contribution in [-0.4, -0.2) is 63.3 Å². The van der Waals surface area contributed by atoms with Gasteiger partial charge in [-0.25, -0.2) is 0 Å². The quantitative estimate of drug-likeness (QED) is 0.810. The number of likely N-dealkylation sites (tertiary alicyclic amines) is 1. The zero-order chi connectivity index (χ0) is 18.4. The molecule has 1 aliphatic heterocycles. The fourth-order valence-electron chi connectivity index (χ4n) is 3.61. The van der Waals surface area contributed by atoms with E-state index in [4.69, 9.17) is 0 Å². The van der Waals surface area contributed by atoms with Crippen LogP contribution in [0.1, 0.15) is 30.7 Å². The SMILES string of the molecule is CNC(=O)[C@H]1CN(C(=O)C(F)(F)C2(O)CCC2)C[C@@H]1c1cnn(C)c1. The van der Waals surface area contributed by atoms with Crippen LogP contribution in [0.25, 0.3) is 0 Å². The number of nitrogens with one attached hydrogen (secondary N) is 1. The van der Waals surface area contributed by atoms with Crippen molar-refractivity contribution in [1.29, 1.82) is 0 Å². The fraction of sp³-hybridized carbons (Fsp3) is 0.688. The summed E-state index contributed by atoms with van der Waals surface area (Å²) in [4.78, 5) is 25.6. The number of aliphatic hydroxyl groups is 1. The number of amides is 2. The molecule has 1 aromatic rings. The van der Waals surface area contributed by atoms with Gasteiger partial charge in [0, 0.05) is 39.3 Å². The van der Waals surface area contributed by atoms with E-state index in [1.54, 1.807) is 24.1 Å². The highest BCUT2D eigenvalue weighted by Crippen LogP contribution is 2.46. The number of hydrogen-bond donors (Lipinski definition) is 2. The molecule has 2 fully saturated rings. The molecule has 1 aliphatic carbocycles. The average molecular weight is 356 g/mol. The van der Waals surface area contributed by atoms with Crippen LogP contribution >= 0.6 is 0 Å². The first-order valence-electron chi connectivity index (χ1n) is 8.29. The van der Waals surface area contributed by atoms with Gasteiger partial charge in [-0.3, -0.25) is 14.3 Å². The van der Waals surface area contributed by atoms with Crippen LogP contribution < -0.4 is 5.32 Å². The lowest BCUT2D eigenvalue weighted by Crippen LogP contribution is -2.61. The van der Waals surface area contributed by atoms with Crippen LogP contribution in [0, 0.1) is 5.92 Å². The van der Waals surface area contributed by atoms with Crippen molar-refractivity contribution in [1.82, 2.24) is 20.0 Å². The number of aromatic nitrogens is 2. The Morgan fingerprint density at radius 3 is 2.56 bits per heavy atom. The van der Waals surface area contributed by atoms with E-state index in [-0.39, 0.29) is 31.8 Å². The topological polar surface area (TPSA) is 87.5 Å². The molecular weight excluding hydrogens is 334 g/mol. The van der Waals surface area contributed by atoms with Crippen molar-refractivity contribution in [3.05, 3.63) is 18.0 Å². The van der Waals surface area contributed by atoms with Crippen LogP contribution in [0.5, 0.6) is 0 Å². The molecule has 0 spiro atoms. The summed E-state index contributed by atoms with van der Waals surface area (Å²) in [6, 6.07) is 0. The first kappa shape index (κ1) is 17.8. The van der Waals surface area contributed by atoms with Crippen LogP contribution in [-0.2, 0) is 16.6 Å². The molecule has 25 heavy (non-hydrogen) atoms. The normalized spacial score (nSPS) is 25.6. The van der Waals surface area contributed by atoms with Crippen molar-refractivity contribution in [3.63, 3.8) is 0 Å². The average Bonchev–Trinajstić information content (AvgIpc) is 3.16. The van der Waals surface area contributed by atoms with Gasteiger partial charge in [-0.05, 0) is 24.8 Å². The van der Waals surface area contributed by atoms with E-state index in [0.29, 0.717) is 6.42 Å². The van der Waals surface area contributed by atoms with Crippen LogP contribution in [0.4, 0.5) is 8.78 Å². The minimum atomic E-state index is -3.84. The minimum absolute atomic E-state index is 0.00567. The summed E-state index contributed by atoms with van der Waals surface area (Å²) in [7, 11) is 3.19. The summed E-state index contributed by atoms with van der Waals surface area (Å²) < 4.78 is 30.5. The van der Waals surface area contributed by atoms with E-state index in [2.05, 4.69) is 10.4 Å². The van der Waals surface area contributed by atoms with Crippen LogP contribution in [0.3, 0.4) is 0 Å². The number of nitrogens with zero attached hydrogens (tertiary/aromatic N) is 3. The zero-order valence-electron chi connectivity index (χ0n) is 14.2. The Hall–Kier alpha value is -2.03. The molecule has 0 bridgehead atoms. The number of carbonyl (C=O) groups is 2. The molecule has 0 radical (unpaired) electrons. The Morgan fingerprint density at radius 2 is 2.08 bits per heavy atom. The third-order valence-corrected chi connectivity index (χ3v) is 5.38. The first-order chi connectivity index (χ1) is 11.7. The third kappa shape index (κ3) is 2.80. The second-order valence-corrected chi connectivity index (χ2v) is 6.94. The number of halogens is 2. The van der Waals surface area contributed by atoms with E-state index < -0.39 is 29.3 Å². The molecule has 2 aliphatic rings. The Labute approximate surface area is 144 Å². The smallest absolute Gasteiger partial charge is 0.352 e. The molecule has 9 heteroatoms. The van der Waals surface area contributed by atoms with Crippen molar-refractivity contribution in [2.45, 2.75) is 36.7 Å². The van der Waals surface area contributed by atoms with Crippen molar-refractivity contribution in [3.8, 4) is 0 Å². The molecule has 3 rings (SSSR count). The van der Waals surface area contributed by atoms with Gasteiger partial charge >= 0.3 is 5.92 Å². The highest BCUT2D eigenvalue weighted by atomic mass is 19.3. The number of hydrogen-bond acceptors (Lipinski definition) is 4. The fourth-order valence-corrected chi connectivity index (χ4v) is 3.61. The predicted octanol–water partition coefficient (Wildman–Crippen LogP) is 0.258. The van der Waals surface area contributed by atoms with Gasteiger partial charge in [-0.2, -0.15) is 13.9 Å². The van der Waals surface area contributed by atoms with E-state index in [1.165, 1.54) is 7.05 Å². The summed E-state index contributed by atoms with van der Waals surface area (Å²) in [6.07, 6.45) is 3.58. The van der Waals surface area contributed by atoms with Gasteiger partial charge in [0.15, 0.2) is 0 Å². The van der Waals surface area contributed by atoms with Crippen LogP contribution in [0.15, 0.2) is 12.4 Å². The van der Waals surface area contributed by atoms with Crippen molar-refractivity contribution in [2.24, 2.45) is 13.0 Å². The molecule has 1 aromatic heterocycles. The monoisotopic (exact) mass is 356 g/mol. The molecule has 1 saturated heterocycles. The number of rotatable bonds is 4. The van der Waals surface area contributed by atoms with Crippen molar-refractivity contribution in [2.75, 3.05) is 20.1 Å². The lowest BCUT2D eigenvalue weighted by molar-refractivity contribution is -0.222. The van der Waals surface area contributed by atoms with E-state index in [0.717, 1.165) is 10.5 Å². The van der Waals surface area contributed by atoms with Gasteiger partial charge in [0.2, 0.25) is 5.91 Å². The van der Waals surface area contributed by atoms with Crippen molar-refractivity contribution < 1.29 is 23.5 Å². The minimum Gasteiger partial charge on any atom is -0.383 e. The van der Waals surface area contributed by atoms with Gasteiger partial charge < -0.3 is 15.3 Å². The van der Waals surface area contributed by atoms with E-state index in [1.807, 2.05) is 0 Å². The summed E-state index contributed by atoms with van der Waals surface area (Å²) in [5, 5.41) is 16.6. The van der Waals surface area contributed by atoms with Gasteiger partial charge in [0.25, 0.3) is 5.91 Å². The molecule has 1 saturated carbocycles. The number of aryl methyl sites for hydroxylation is 1. The number of carbonyl (C=O) groups excluding carboxylic acids is 2. The lowest BCUT2D eigenvalue weighted by Gasteiger charge is -2.42. The largest absolute Gasteiger partial charge is 0.383 e. The predicted molar refractivity (Wildman–Crippen MR) is 83.8 cm³/mol. The Kier molecular flexibility index (Phi) is 4.30. The van der Waals surface area contributed by atoms with Crippen LogP contribution in [0.2, 0.25) is 0 Å². The Morgan fingerprint density at radius 1 is 1.40 bits per heavy atom. The summed E-state index contributed by atoms with van der Waals surface area (Å²) in [5.74, 6) is -6.61. The van der Waals surface area contributed by atoms with Crippen molar-refractivity contribution >= 4 is 11.8 Å². The lowest BCUT2D eigenvalue weighted by atomic mass is 9.75. The molecular formula is C16H22F2N4O3. The molecule has 138 valence electrons. The highest BCUT2D eigenvalue weighted by molar-refractivity contribution is 5.87. The molecule has 2 heterocycles. The standard InChI is InChI=1S/C16H22F2N4O3/c1-19-13(23)12-9-22(8-11(12)10-6-20-21(2)7-10)14(24)16(17,18)15(25)4-3-5-15/h6-7,11-12,25H,3-5,8-9H2,1-2H3,(H,19,23)/t11-,12+/m1/s1. The molecule has 2 atom stereocenters. The first-order valence-corrected chi connectivity index (χ1v) is 8.29. The maximum atomic E-state index is 14.5. The Bertz CT molecular complexity index is 687. The van der Waals surface area contributed by atoms with Gasteiger partial charge in [0.1, 0.15) is 5.60 Å². The highest BCUT2D eigenvalue weighted by Gasteiger charge is 2.63. The van der Waals surface area contributed by atoms with Gasteiger partial charge in [-0.1, -0.05) is 0 Å². The molecule has 7 nitrogen and oxygen atoms in total. The second-order valence-electron chi connectivity index (χ2n) is 6.94. The Balaban J connectivity index is 1.84. The maximum Gasteiger partial charge on any atom is 0.352 e. The number of alkyl halides is 2. The maximum absolute atomic E-state index is 14.5. The second kappa shape index (κ2) is 6.05. The summed E-state index contributed by atoms with van der Waals surface area (Å²) in [6.45, 7) is -0.113. The van der Waals surface area contributed by atoms with Gasteiger partial charge in [0.05, 0.1) is 12.1 Å². The summed E-state index contributed by atoms with van der Waals surface area (Å²) >= 11 is 0. The van der Waals surface area contributed by atoms with Gasteiger partial charge in [-0.15, -0.1) is 0 Å². The molecule has 0 aromatic carbocycles. The molecule has 2 N–H and O–H groups in total. The molecule has 2 amide bonds.